The lowest BCUT2D eigenvalue weighted by Crippen LogP contribution is -2.35. The Morgan fingerprint density at radius 3 is 2.74 bits per heavy atom. The van der Waals surface area contributed by atoms with E-state index < -0.39 is 0 Å². The normalized spacial score (nSPS) is 13.1. The van der Waals surface area contributed by atoms with E-state index in [1.165, 1.54) is 0 Å². The second-order valence-electron chi connectivity index (χ2n) is 4.92. The molecule has 0 amide bonds. The zero-order valence-electron chi connectivity index (χ0n) is 11.8. The van der Waals surface area contributed by atoms with Gasteiger partial charge in [0.25, 0.3) is 0 Å². The Morgan fingerprint density at radius 1 is 1.21 bits per heavy atom. The molecule has 0 aliphatic carbocycles. The fourth-order valence-corrected chi connectivity index (χ4v) is 3.30. The molecule has 1 unspecified atom stereocenters. The Kier molecular flexibility index (Phi) is 5.16. The van der Waals surface area contributed by atoms with E-state index in [1.807, 2.05) is 30.0 Å². The predicted octanol–water partition coefficient (Wildman–Crippen LogP) is 3.36. The summed E-state index contributed by atoms with van der Waals surface area (Å²) in [6, 6.07) is 8.70. The number of nitrogens with zero attached hydrogens (tertiary/aromatic N) is 2. The summed E-state index contributed by atoms with van der Waals surface area (Å²) in [7, 11) is 0. The van der Waals surface area contributed by atoms with Crippen molar-refractivity contribution in [2.24, 2.45) is 5.92 Å². The lowest BCUT2D eigenvalue weighted by Gasteiger charge is -2.21. The Morgan fingerprint density at radius 2 is 2.00 bits per heavy atom. The summed E-state index contributed by atoms with van der Waals surface area (Å²) >= 11 is 1.81. The SMILES string of the molecule is CCNC(CSc1ncnc2ccccc12)C(C)C. The van der Waals surface area contributed by atoms with Gasteiger partial charge in [0.15, 0.2) is 0 Å². The van der Waals surface area contributed by atoms with Crippen LogP contribution in [-0.4, -0.2) is 28.3 Å². The average Bonchev–Trinajstić information content (AvgIpc) is 2.43. The maximum Gasteiger partial charge on any atom is 0.117 e. The quantitative estimate of drug-likeness (QED) is 0.648. The zero-order chi connectivity index (χ0) is 13.7. The number of aromatic nitrogens is 2. The molecule has 0 spiro atoms. The Hall–Kier alpha value is -1.13. The van der Waals surface area contributed by atoms with Gasteiger partial charge in [-0.1, -0.05) is 39.0 Å². The van der Waals surface area contributed by atoms with Gasteiger partial charge in [-0.25, -0.2) is 9.97 Å². The number of hydrogen-bond donors (Lipinski definition) is 1. The van der Waals surface area contributed by atoms with Crippen molar-refractivity contribution in [2.45, 2.75) is 31.8 Å². The van der Waals surface area contributed by atoms with Crippen molar-refractivity contribution >= 4 is 22.7 Å². The molecule has 0 aliphatic heterocycles. The van der Waals surface area contributed by atoms with Crippen molar-refractivity contribution in [2.75, 3.05) is 12.3 Å². The van der Waals surface area contributed by atoms with E-state index in [1.54, 1.807) is 6.33 Å². The van der Waals surface area contributed by atoms with E-state index in [2.05, 4.69) is 42.1 Å². The number of hydrogen-bond acceptors (Lipinski definition) is 4. The van der Waals surface area contributed by atoms with Crippen LogP contribution in [-0.2, 0) is 0 Å². The molecule has 1 N–H and O–H groups in total. The number of rotatable bonds is 6. The van der Waals surface area contributed by atoms with E-state index >= 15 is 0 Å². The highest BCUT2D eigenvalue weighted by Crippen LogP contribution is 2.25. The molecule has 3 nitrogen and oxygen atoms in total. The van der Waals surface area contributed by atoms with Gasteiger partial charge in [-0.2, -0.15) is 0 Å². The standard InChI is InChI=1S/C15H21N3S/c1-4-16-14(11(2)3)9-19-15-12-7-5-6-8-13(12)17-10-18-15/h5-8,10-11,14,16H,4,9H2,1-3H3. The summed E-state index contributed by atoms with van der Waals surface area (Å²) < 4.78 is 0. The van der Waals surface area contributed by atoms with Crippen LogP contribution in [0.15, 0.2) is 35.6 Å². The second kappa shape index (κ2) is 6.87. The first-order valence-electron chi connectivity index (χ1n) is 6.78. The molecule has 0 bridgehead atoms. The third-order valence-corrected chi connectivity index (χ3v) is 4.30. The molecule has 0 saturated carbocycles. The molecule has 0 fully saturated rings. The summed E-state index contributed by atoms with van der Waals surface area (Å²) in [6.07, 6.45) is 1.66. The predicted molar refractivity (Wildman–Crippen MR) is 82.6 cm³/mol. The first-order chi connectivity index (χ1) is 9.22. The van der Waals surface area contributed by atoms with Crippen molar-refractivity contribution in [3.63, 3.8) is 0 Å². The minimum Gasteiger partial charge on any atom is -0.313 e. The summed E-state index contributed by atoms with van der Waals surface area (Å²) in [4.78, 5) is 8.72. The van der Waals surface area contributed by atoms with Crippen LogP contribution in [0.1, 0.15) is 20.8 Å². The van der Waals surface area contributed by atoms with Gasteiger partial charge in [-0.05, 0) is 18.5 Å². The smallest absolute Gasteiger partial charge is 0.117 e. The maximum absolute atomic E-state index is 4.42. The van der Waals surface area contributed by atoms with Crippen LogP contribution in [0.3, 0.4) is 0 Å². The van der Waals surface area contributed by atoms with Gasteiger partial charge in [-0.3, -0.25) is 0 Å². The highest BCUT2D eigenvalue weighted by atomic mass is 32.2. The zero-order valence-corrected chi connectivity index (χ0v) is 12.6. The summed E-state index contributed by atoms with van der Waals surface area (Å²) in [6.45, 7) is 7.67. The lowest BCUT2D eigenvalue weighted by molar-refractivity contribution is 0.443. The fraction of sp³-hybridized carbons (Fsp3) is 0.467. The minimum absolute atomic E-state index is 0.517. The number of benzene rings is 1. The first kappa shape index (κ1) is 14.3. The second-order valence-corrected chi connectivity index (χ2v) is 5.92. The van der Waals surface area contributed by atoms with Crippen LogP contribution >= 0.6 is 11.8 Å². The van der Waals surface area contributed by atoms with Crippen molar-refractivity contribution in [3.8, 4) is 0 Å². The molecule has 0 saturated heterocycles. The van der Waals surface area contributed by atoms with Crippen LogP contribution in [0.5, 0.6) is 0 Å². The molecule has 102 valence electrons. The maximum atomic E-state index is 4.42. The van der Waals surface area contributed by atoms with Gasteiger partial charge in [-0.15, -0.1) is 11.8 Å². The molecule has 19 heavy (non-hydrogen) atoms. The van der Waals surface area contributed by atoms with Gasteiger partial charge in [0.2, 0.25) is 0 Å². The topological polar surface area (TPSA) is 37.8 Å². The molecule has 2 rings (SSSR count). The molecule has 4 heteroatoms. The summed E-state index contributed by atoms with van der Waals surface area (Å²) in [5, 5.41) is 5.76. The van der Waals surface area contributed by atoms with E-state index in [0.717, 1.165) is 28.2 Å². The van der Waals surface area contributed by atoms with Crippen LogP contribution in [0.4, 0.5) is 0 Å². The molecular weight excluding hydrogens is 254 g/mol. The molecule has 1 heterocycles. The molecular formula is C15H21N3S. The number of nitrogens with one attached hydrogen (secondary N) is 1. The molecule has 1 aromatic carbocycles. The highest BCUT2D eigenvalue weighted by molar-refractivity contribution is 7.99. The van der Waals surface area contributed by atoms with Gasteiger partial charge in [0.05, 0.1) is 5.52 Å². The van der Waals surface area contributed by atoms with Crippen LogP contribution in [0.2, 0.25) is 0 Å². The largest absolute Gasteiger partial charge is 0.313 e. The minimum atomic E-state index is 0.517. The Labute approximate surface area is 119 Å². The third-order valence-electron chi connectivity index (χ3n) is 3.18. The Bertz CT molecular complexity index is 522. The molecule has 0 aliphatic rings. The molecule has 0 radical (unpaired) electrons. The first-order valence-corrected chi connectivity index (χ1v) is 7.76. The molecule has 2 aromatic rings. The van der Waals surface area contributed by atoms with Crippen molar-refractivity contribution in [1.82, 2.24) is 15.3 Å². The number of thioether (sulfide) groups is 1. The van der Waals surface area contributed by atoms with Crippen molar-refractivity contribution in [1.29, 1.82) is 0 Å². The van der Waals surface area contributed by atoms with E-state index in [-0.39, 0.29) is 0 Å². The number of para-hydroxylation sites is 1. The van der Waals surface area contributed by atoms with Gasteiger partial charge in [0, 0.05) is 17.2 Å². The lowest BCUT2D eigenvalue weighted by atomic mass is 10.1. The summed E-state index contributed by atoms with van der Waals surface area (Å²) in [5.74, 6) is 1.66. The van der Waals surface area contributed by atoms with E-state index in [0.29, 0.717) is 12.0 Å². The third kappa shape index (κ3) is 3.67. The molecule has 1 aromatic heterocycles. The molecule has 1 atom stereocenters. The fourth-order valence-electron chi connectivity index (χ4n) is 2.01. The Balaban J connectivity index is 2.13. The monoisotopic (exact) mass is 275 g/mol. The van der Waals surface area contributed by atoms with E-state index in [4.69, 9.17) is 0 Å². The van der Waals surface area contributed by atoms with Crippen molar-refractivity contribution < 1.29 is 0 Å². The van der Waals surface area contributed by atoms with Crippen molar-refractivity contribution in [3.05, 3.63) is 30.6 Å². The van der Waals surface area contributed by atoms with Crippen LogP contribution in [0, 0.1) is 5.92 Å². The highest BCUT2D eigenvalue weighted by Gasteiger charge is 2.13. The van der Waals surface area contributed by atoms with E-state index in [9.17, 15) is 0 Å². The van der Waals surface area contributed by atoms with Gasteiger partial charge in [0.1, 0.15) is 11.4 Å². The summed E-state index contributed by atoms with van der Waals surface area (Å²) in [5.41, 5.74) is 1.02. The number of fused-ring (bicyclic) bond motifs is 1. The van der Waals surface area contributed by atoms with Gasteiger partial charge >= 0.3 is 0 Å². The average molecular weight is 275 g/mol. The van der Waals surface area contributed by atoms with Crippen LogP contribution in [0.25, 0.3) is 10.9 Å². The van der Waals surface area contributed by atoms with Crippen LogP contribution < -0.4 is 5.32 Å². The van der Waals surface area contributed by atoms with Gasteiger partial charge < -0.3 is 5.32 Å².